The summed E-state index contributed by atoms with van der Waals surface area (Å²) in [5.74, 6) is 0.890. The maximum Gasteiger partial charge on any atom is 0.269 e. The van der Waals surface area contributed by atoms with E-state index in [0.717, 1.165) is 67.3 Å². The van der Waals surface area contributed by atoms with Gasteiger partial charge in [-0.15, -0.1) is 0 Å². The van der Waals surface area contributed by atoms with Crippen LogP contribution in [0.25, 0.3) is 0 Å². The highest BCUT2D eigenvalue weighted by molar-refractivity contribution is 9.10. The number of carbonyl (C=O) groups excluding carboxylic acids is 1. The molecule has 0 N–H and O–H groups in total. The number of benzene rings is 2. The lowest BCUT2D eigenvalue weighted by Gasteiger charge is -2.30. The van der Waals surface area contributed by atoms with Crippen molar-refractivity contribution in [1.82, 2.24) is 4.90 Å². The molecule has 0 spiro atoms. The Hall–Kier alpha value is -1.90. The van der Waals surface area contributed by atoms with Crippen LogP contribution in [0.4, 0.5) is 11.4 Å². The predicted molar refractivity (Wildman–Crippen MR) is 137 cm³/mol. The Morgan fingerprint density at radius 2 is 1.81 bits per heavy atom. The molecule has 5 nitrogen and oxygen atoms in total. The Labute approximate surface area is 205 Å². The highest BCUT2D eigenvalue weighted by atomic mass is 79.9. The first kappa shape index (κ1) is 21.9. The van der Waals surface area contributed by atoms with Gasteiger partial charge in [0.15, 0.2) is 5.17 Å². The quantitative estimate of drug-likeness (QED) is 0.410. The number of hydrogen-bond donors (Lipinski definition) is 0. The minimum Gasteiger partial charge on any atom is -0.497 e. The van der Waals surface area contributed by atoms with Crippen molar-refractivity contribution in [2.45, 2.75) is 43.0 Å². The third-order valence-corrected chi connectivity index (χ3v) is 8.97. The molecular formula is C24H24BrN3O2S2. The Bertz CT molecular complexity index is 1110. The van der Waals surface area contributed by atoms with Crippen LogP contribution in [0.5, 0.6) is 5.75 Å². The monoisotopic (exact) mass is 529 g/mol. The average Bonchev–Trinajstić information content (AvgIpc) is 3.31. The molecule has 166 valence electrons. The van der Waals surface area contributed by atoms with Crippen molar-refractivity contribution in [2.24, 2.45) is 4.99 Å². The number of methoxy groups -OCH3 is 1. The summed E-state index contributed by atoms with van der Waals surface area (Å²) in [6.07, 6.45) is 5.64. The zero-order valence-electron chi connectivity index (χ0n) is 18.0. The van der Waals surface area contributed by atoms with Crippen LogP contribution < -0.4 is 9.64 Å². The van der Waals surface area contributed by atoms with Gasteiger partial charge in [0.05, 0.1) is 23.5 Å². The largest absolute Gasteiger partial charge is 0.497 e. The maximum absolute atomic E-state index is 13.8. The minimum absolute atomic E-state index is 0.0758. The molecule has 0 aromatic heterocycles. The van der Waals surface area contributed by atoms with Crippen molar-refractivity contribution in [2.75, 3.05) is 19.1 Å². The van der Waals surface area contributed by atoms with E-state index in [4.69, 9.17) is 9.73 Å². The number of nitrogens with zero attached hydrogens (tertiary/aromatic N) is 3. The molecule has 0 bridgehead atoms. The number of amides is 1. The zero-order chi connectivity index (χ0) is 22.2. The molecule has 5 rings (SSSR count). The van der Waals surface area contributed by atoms with Crippen LogP contribution in [0.3, 0.4) is 0 Å². The van der Waals surface area contributed by atoms with Crippen LogP contribution >= 0.6 is 39.5 Å². The first-order valence-corrected chi connectivity index (χ1v) is 13.2. The van der Waals surface area contributed by atoms with Crippen molar-refractivity contribution in [1.29, 1.82) is 0 Å². The van der Waals surface area contributed by atoms with E-state index >= 15 is 0 Å². The number of rotatable bonds is 3. The van der Waals surface area contributed by atoms with Gasteiger partial charge in [0.2, 0.25) is 0 Å². The molecule has 1 saturated heterocycles. The van der Waals surface area contributed by atoms with Crippen molar-refractivity contribution >= 4 is 61.9 Å². The second kappa shape index (κ2) is 9.15. The van der Waals surface area contributed by atoms with Gasteiger partial charge in [0, 0.05) is 28.5 Å². The Morgan fingerprint density at radius 3 is 2.53 bits per heavy atom. The first-order valence-electron chi connectivity index (χ1n) is 10.7. The van der Waals surface area contributed by atoms with Crippen molar-refractivity contribution in [3.8, 4) is 5.75 Å². The van der Waals surface area contributed by atoms with Crippen LogP contribution in [0.2, 0.25) is 0 Å². The molecule has 0 unspecified atom stereocenters. The molecule has 8 heteroatoms. The van der Waals surface area contributed by atoms with Gasteiger partial charge in [-0.3, -0.25) is 9.69 Å². The lowest BCUT2D eigenvalue weighted by Crippen LogP contribution is -2.40. The summed E-state index contributed by atoms with van der Waals surface area (Å²) < 4.78 is 6.42. The summed E-state index contributed by atoms with van der Waals surface area (Å²) in [6, 6.07) is 14.2. The number of carbonyl (C=O) groups is 1. The van der Waals surface area contributed by atoms with Gasteiger partial charge in [-0.1, -0.05) is 47.0 Å². The van der Waals surface area contributed by atoms with Crippen molar-refractivity contribution in [3.05, 3.63) is 56.9 Å². The molecule has 32 heavy (non-hydrogen) atoms. The number of aliphatic imine (C=N–C) groups is 1. The topological polar surface area (TPSA) is 45.1 Å². The number of anilines is 1. The van der Waals surface area contributed by atoms with Crippen LogP contribution in [-0.4, -0.2) is 36.2 Å². The Morgan fingerprint density at radius 1 is 1.06 bits per heavy atom. The predicted octanol–water partition coefficient (Wildman–Crippen LogP) is 6.76. The molecular weight excluding hydrogens is 506 g/mol. The second-order valence-electron chi connectivity index (χ2n) is 8.07. The Balaban J connectivity index is 1.54. The van der Waals surface area contributed by atoms with Gasteiger partial charge in [0.1, 0.15) is 10.7 Å². The van der Waals surface area contributed by atoms with E-state index < -0.39 is 0 Å². The first-order chi connectivity index (χ1) is 15.5. The lowest BCUT2D eigenvalue weighted by atomic mass is 9.94. The molecule has 3 aliphatic rings. The fraction of sp³-hybridized carbons (Fsp3) is 0.333. The summed E-state index contributed by atoms with van der Waals surface area (Å²) in [4.78, 5) is 24.6. The fourth-order valence-electron chi connectivity index (χ4n) is 4.33. The molecule has 2 aromatic carbocycles. The molecule has 0 atom stereocenters. The normalized spacial score (nSPS) is 22.7. The fourth-order valence-corrected chi connectivity index (χ4v) is 6.98. The van der Waals surface area contributed by atoms with E-state index in [1.165, 1.54) is 18.2 Å². The van der Waals surface area contributed by atoms with E-state index in [1.807, 2.05) is 48.3 Å². The SMILES string of the molecule is COc1ccc2c(c1)N(C)C(=C1SC(=Nc3ccc(Br)cc3)N(C3CCCCC3)C1=O)S2. The maximum atomic E-state index is 13.8. The number of amidine groups is 1. The van der Waals surface area contributed by atoms with Crippen LogP contribution in [0.1, 0.15) is 32.1 Å². The summed E-state index contributed by atoms with van der Waals surface area (Å²) in [7, 11) is 3.69. The number of fused-ring (bicyclic) bond motifs is 1. The van der Waals surface area contributed by atoms with Gasteiger partial charge < -0.3 is 9.64 Å². The van der Waals surface area contributed by atoms with Crippen molar-refractivity contribution in [3.63, 3.8) is 0 Å². The molecule has 2 aliphatic heterocycles. The summed E-state index contributed by atoms with van der Waals surface area (Å²) in [5, 5.41) is 1.75. The van der Waals surface area contributed by atoms with E-state index in [0.29, 0.717) is 0 Å². The molecule has 1 saturated carbocycles. The van der Waals surface area contributed by atoms with Crippen molar-refractivity contribution < 1.29 is 9.53 Å². The highest BCUT2D eigenvalue weighted by Gasteiger charge is 2.42. The van der Waals surface area contributed by atoms with E-state index in [1.54, 1.807) is 18.9 Å². The Kier molecular flexibility index (Phi) is 6.27. The number of ether oxygens (including phenoxy) is 1. The molecule has 2 heterocycles. The standard InChI is InChI=1S/C24H24BrN3O2S2/c1-27-19-14-18(30-2)12-13-20(19)31-23(27)21-22(29)28(17-6-4-3-5-7-17)24(32-21)26-16-10-8-15(25)9-11-16/h8-14,17H,3-7H2,1-2H3. The molecule has 2 fully saturated rings. The van der Waals surface area contributed by atoms with Crippen LogP contribution in [0.15, 0.2) is 66.8 Å². The van der Waals surface area contributed by atoms with E-state index in [-0.39, 0.29) is 11.9 Å². The third-order valence-electron chi connectivity index (χ3n) is 6.04. The summed E-state index contributed by atoms with van der Waals surface area (Å²) in [5.41, 5.74) is 1.92. The van der Waals surface area contributed by atoms with Gasteiger partial charge in [0.25, 0.3) is 5.91 Å². The lowest BCUT2D eigenvalue weighted by molar-refractivity contribution is -0.124. The smallest absolute Gasteiger partial charge is 0.269 e. The van der Waals surface area contributed by atoms with Crippen LogP contribution in [-0.2, 0) is 4.79 Å². The molecule has 1 aliphatic carbocycles. The molecule has 0 radical (unpaired) electrons. The van der Waals surface area contributed by atoms with Gasteiger partial charge in [-0.2, -0.15) is 0 Å². The zero-order valence-corrected chi connectivity index (χ0v) is 21.2. The third kappa shape index (κ3) is 4.08. The van der Waals surface area contributed by atoms with E-state index in [2.05, 4.69) is 26.9 Å². The number of hydrogen-bond acceptors (Lipinski definition) is 6. The van der Waals surface area contributed by atoms with Gasteiger partial charge >= 0.3 is 0 Å². The number of halogens is 1. The summed E-state index contributed by atoms with van der Waals surface area (Å²) in [6.45, 7) is 0. The molecule has 1 amide bonds. The minimum atomic E-state index is 0.0758. The average molecular weight is 531 g/mol. The van der Waals surface area contributed by atoms with Gasteiger partial charge in [-0.25, -0.2) is 4.99 Å². The number of thioether (sulfide) groups is 2. The highest BCUT2D eigenvalue weighted by Crippen LogP contribution is 2.51. The van der Waals surface area contributed by atoms with E-state index in [9.17, 15) is 4.79 Å². The second-order valence-corrected chi connectivity index (χ2v) is 11.0. The van der Waals surface area contributed by atoms with Gasteiger partial charge in [-0.05, 0) is 61.0 Å². The van der Waals surface area contributed by atoms with Crippen LogP contribution in [0, 0.1) is 0 Å². The summed E-state index contributed by atoms with van der Waals surface area (Å²) >= 11 is 6.63. The molecule has 2 aromatic rings.